The van der Waals surface area contributed by atoms with E-state index in [1.807, 2.05) is 0 Å². The lowest BCUT2D eigenvalue weighted by Crippen LogP contribution is -2.08. The zero-order valence-corrected chi connectivity index (χ0v) is 9.92. The maximum absolute atomic E-state index is 13.1. The molecular formula is C13H10F4N2. The largest absolute Gasteiger partial charge is 0.419 e. The van der Waals surface area contributed by atoms with Crippen LogP contribution in [-0.2, 0) is 6.18 Å². The summed E-state index contributed by atoms with van der Waals surface area (Å²) in [6.45, 7) is 1.63. The first kappa shape index (κ1) is 14.8. The first-order valence-electron chi connectivity index (χ1n) is 5.24. The average Bonchev–Trinajstić information content (AvgIpc) is 2.34. The molecule has 0 spiro atoms. The smallest absolute Gasteiger partial charge is 0.300 e. The number of nitriles is 1. The van der Waals surface area contributed by atoms with Gasteiger partial charge in [-0.15, -0.1) is 0 Å². The Labute approximate surface area is 107 Å². The van der Waals surface area contributed by atoms with Crippen LogP contribution in [-0.4, -0.2) is 0 Å². The lowest BCUT2D eigenvalue weighted by molar-refractivity contribution is -0.140. The molecule has 0 bridgehead atoms. The van der Waals surface area contributed by atoms with Gasteiger partial charge in [-0.1, -0.05) is 12.1 Å². The topological polar surface area (TPSA) is 35.8 Å². The van der Waals surface area contributed by atoms with Gasteiger partial charge in [0.25, 0.3) is 0 Å². The molecule has 1 aromatic rings. The molecule has 0 aliphatic carbocycles. The van der Waals surface area contributed by atoms with Crippen LogP contribution in [0.4, 0.5) is 17.6 Å². The van der Waals surface area contributed by atoms with Gasteiger partial charge in [-0.3, -0.25) is 5.32 Å². The van der Waals surface area contributed by atoms with Crippen LogP contribution in [0.1, 0.15) is 18.1 Å². The van der Waals surface area contributed by atoms with Crippen LogP contribution in [0.25, 0.3) is 5.57 Å². The molecule has 6 heteroatoms. The molecule has 0 fully saturated rings. The van der Waals surface area contributed by atoms with Crippen molar-refractivity contribution in [2.75, 3.05) is 0 Å². The molecule has 0 saturated heterocycles. The number of halogens is 4. The van der Waals surface area contributed by atoms with Crippen molar-refractivity contribution < 1.29 is 17.6 Å². The van der Waals surface area contributed by atoms with E-state index in [0.29, 0.717) is 5.57 Å². The van der Waals surface area contributed by atoms with E-state index in [1.165, 1.54) is 18.3 Å². The van der Waals surface area contributed by atoms with Crippen molar-refractivity contribution in [3.05, 3.63) is 53.5 Å². The van der Waals surface area contributed by atoms with Crippen LogP contribution in [0.3, 0.4) is 0 Å². The molecule has 0 amide bonds. The number of hydrogen-bond acceptors (Lipinski definition) is 2. The second kappa shape index (κ2) is 6.05. The first-order chi connectivity index (χ1) is 8.90. The van der Waals surface area contributed by atoms with Gasteiger partial charge in [-0.2, -0.15) is 18.4 Å². The Morgan fingerprint density at radius 1 is 1.37 bits per heavy atom. The SMILES string of the molecule is C/C=C(\C=C/NC#N)c1ccc(F)c(C(F)(F)F)c1. The minimum absolute atomic E-state index is 0.215. The molecule has 0 atom stereocenters. The standard InChI is InChI=1S/C13H10F4N2/c1-2-9(5-6-19-8-18)10-3-4-12(14)11(7-10)13(15,16)17/h2-7,19H,1H3/b6-5-,9-2+. The molecule has 0 radical (unpaired) electrons. The predicted molar refractivity (Wildman–Crippen MR) is 62.9 cm³/mol. The molecule has 0 aromatic heterocycles. The van der Waals surface area contributed by atoms with Crippen molar-refractivity contribution in [1.29, 1.82) is 5.26 Å². The Balaban J connectivity index is 3.18. The molecule has 2 nitrogen and oxygen atoms in total. The van der Waals surface area contributed by atoms with E-state index in [1.54, 1.807) is 19.2 Å². The van der Waals surface area contributed by atoms with Crippen LogP contribution in [0.15, 0.2) is 36.6 Å². The van der Waals surface area contributed by atoms with Crippen molar-refractivity contribution in [3.63, 3.8) is 0 Å². The van der Waals surface area contributed by atoms with Crippen LogP contribution >= 0.6 is 0 Å². The number of allylic oxidation sites excluding steroid dienone is 3. The normalized spacial score (nSPS) is 12.5. The molecule has 0 aliphatic heterocycles. The van der Waals surface area contributed by atoms with E-state index in [9.17, 15) is 17.6 Å². The molecule has 0 aliphatic rings. The van der Waals surface area contributed by atoms with E-state index in [-0.39, 0.29) is 5.56 Å². The monoisotopic (exact) mass is 270 g/mol. The van der Waals surface area contributed by atoms with Gasteiger partial charge in [0, 0.05) is 6.20 Å². The first-order valence-corrected chi connectivity index (χ1v) is 5.24. The van der Waals surface area contributed by atoms with Crippen LogP contribution in [0.2, 0.25) is 0 Å². The number of nitrogens with zero attached hydrogens (tertiary/aromatic N) is 1. The number of benzene rings is 1. The van der Waals surface area contributed by atoms with Crippen molar-refractivity contribution in [2.45, 2.75) is 13.1 Å². The quantitative estimate of drug-likeness (QED) is 0.392. The second-order valence-electron chi connectivity index (χ2n) is 3.53. The molecular weight excluding hydrogens is 260 g/mol. The van der Waals surface area contributed by atoms with E-state index in [4.69, 9.17) is 5.26 Å². The summed E-state index contributed by atoms with van der Waals surface area (Å²) in [7, 11) is 0. The third-order valence-electron chi connectivity index (χ3n) is 2.33. The number of rotatable bonds is 3. The Morgan fingerprint density at radius 3 is 2.58 bits per heavy atom. The highest BCUT2D eigenvalue weighted by molar-refractivity contribution is 5.74. The minimum atomic E-state index is -4.74. The Kier molecular flexibility index (Phi) is 4.70. The Hall–Kier alpha value is -2.29. The highest BCUT2D eigenvalue weighted by Gasteiger charge is 2.34. The maximum Gasteiger partial charge on any atom is 0.419 e. The van der Waals surface area contributed by atoms with Crippen molar-refractivity contribution in [1.82, 2.24) is 5.32 Å². The average molecular weight is 270 g/mol. The van der Waals surface area contributed by atoms with E-state index in [0.717, 1.165) is 12.1 Å². The van der Waals surface area contributed by atoms with E-state index >= 15 is 0 Å². The maximum atomic E-state index is 13.1. The highest BCUT2D eigenvalue weighted by atomic mass is 19.4. The van der Waals surface area contributed by atoms with Crippen LogP contribution in [0, 0.1) is 17.3 Å². The number of nitrogens with one attached hydrogen (secondary N) is 1. The third-order valence-corrected chi connectivity index (χ3v) is 2.33. The van der Waals surface area contributed by atoms with Crippen LogP contribution in [0.5, 0.6) is 0 Å². The Morgan fingerprint density at radius 2 is 2.05 bits per heavy atom. The fraction of sp³-hybridized carbons (Fsp3) is 0.154. The highest BCUT2D eigenvalue weighted by Crippen LogP contribution is 2.33. The zero-order chi connectivity index (χ0) is 14.5. The van der Waals surface area contributed by atoms with Gasteiger partial charge in [0.05, 0.1) is 5.56 Å². The fourth-order valence-electron chi connectivity index (χ4n) is 1.45. The summed E-state index contributed by atoms with van der Waals surface area (Å²) in [5.41, 5.74) is -0.661. The van der Waals surface area contributed by atoms with Gasteiger partial charge in [0.2, 0.25) is 0 Å². The summed E-state index contributed by atoms with van der Waals surface area (Å²) in [5.74, 6) is -1.31. The molecule has 19 heavy (non-hydrogen) atoms. The summed E-state index contributed by atoms with van der Waals surface area (Å²) in [4.78, 5) is 0. The van der Waals surface area contributed by atoms with Gasteiger partial charge in [0.15, 0.2) is 6.19 Å². The second-order valence-corrected chi connectivity index (χ2v) is 3.53. The molecule has 100 valence electrons. The molecule has 1 aromatic carbocycles. The molecule has 0 heterocycles. The minimum Gasteiger partial charge on any atom is -0.300 e. The Bertz CT molecular complexity index is 551. The fourth-order valence-corrected chi connectivity index (χ4v) is 1.45. The third kappa shape index (κ3) is 3.85. The van der Waals surface area contributed by atoms with Gasteiger partial charge in [0.1, 0.15) is 5.82 Å². The summed E-state index contributed by atoms with van der Waals surface area (Å²) < 4.78 is 50.8. The number of alkyl halides is 3. The molecule has 1 rings (SSSR count). The van der Waals surface area contributed by atoms with E-state index in [2.05, 4.69) is 5.32 Å². The van der Waals surface area contributed by atoms with Gasteiger partial charge in [-0.05, 0) is 36.3 Å². The zero-order valence-electron chi connectivity index (χ0n) is 9.92. The summed E-state index contributed by atoms with van der Waals surface area (Å²) in [6, 6.07) is 2.76. The molecule has 0 saturated carbocycles. The predicted octanol–water partition coefficient (Wildman–Crippen LogP) is 3.83. The van der Waals surface area contributed by atoms with Crippen molar-refractivity contribution in [3.8, 4) is 6.19 Å². The van der Waals surface area contributed by atoms with Gasteiger partial charge < -0.3 is 0 Å². The van der Waals surface area contributed by atoms with Crippen LogP contribution < -0.4 is 5.32 Å². The lowest BCUT2D eigenvalue weighted by Gasteiger charge is -2.10. The summed E-state index contributed by atoms with van der Waals surface area (Å²) >= 11 is 0. The van der Waals surface area contributed by atoms with Gasteiger partial charge >= 0.3 is 6.18 Å². The molecule has 0 unspecified atom stereocenters. The molecule has 1 N–H and O–H groups in total. The van der Waals surface area contributed by atoms with E-state index < -0.39 is 17.6 Å². The summed E-state index contributed by atoms with van der Waals surface area (Å²) in [6.07, 6.45) is 1.17. The van der Waals surface area contributed by atoms with Crippen molar-refractivity contribution >= 4 is 5.57 Å². The van der Waals surface area contributed by atoms with Gasteiger partial charge in [-0.25, -0.2) is 4.39 Å². The lowest BCUT2D eigenvalue weighted by atomic mass is 10.0. The summed E-state index contributed by atoms with van der Waals surface area (Å²) in [5, 5.41) is 10.5. The van der Waals surface area contributed by atoms with Crippen molar-refractivity contribution in [2.24, 2.45) is 0 Å². The number of hydrogen-bond donors (Lipinski definition) is 1.